The Bertz CT molecular complexity index is 775. The van der Waals surface area contributed by atoms with Crippen LogP contribution in [0.1, 0.15) is 55.6 Å². The maximum absolute atomic E-state index is 12.6. The number of hydrogen-bond acceptors (Lipinski definition) is 6. The van der Waals surface area contributed by atoms with Crippen LogP contribution in [0.15, 0.2) is 18.3 Å². The monoisotopic (exact) mass is 387 g/mol. The first-order valence-electron chi connectivity index (χ1n) is 9.98. The van der Waals surface area contributed by atoms with Gasteiger partial charge < -0.3 is 14.8 Å². The molecule has 0 saturated heterocycles. The maximum atomic E-state index is 12.6. The summed E-state index contributed by atoms with van der Waals surface area (Å²) in [4.78, 5) is 12.6. The summed E-state index contributed by atoms with van der Waals surface area (Å²) in [6.45, 7) is 5.24. The van der Waals surface area contributed by atoms with Crippen molar-refractivity contribution < 1.29 is 14.3 Å². The summed E-state index contributed by atoms with van der Waals surface area (Å²) in [5, 5.41) is 15.3. The van der Waals surface area contributed by atoms with E-state index in [0.29, 0.717) is 48.9 Å². The van der Waals surface area contributed by atoms with Crippen LogP contribution in [0.3, 0.4) is 0 Å². The lowest BCUT2D eigenvalue weighted by molar-refractivity contribution is -0.00294. The van der Waals surface area contributed by atoms with Gasteiger partial charge in [-0.2, -0.15) is 5.10 Å². The van der Waals surface area contributed by atoms with Crippen molar-refractivity contribution >= 4 is 5.91 Å². The summed E-state index contributed by atoms with van der Waals surface area (Å²) in [6.07, 6.45) is 7.40. The summed E-state index contributed by atoms with van der Waals surface area (Å²) in [5.41, 5.74) is 1.34. The van der Waals surface area contributed by atoms with Crippen molar-refractivity contribution in [1.29, 1.82) is 0 Å². The van der Waals surface area contributed by atoms with Crippen molar-refractivity contribution in [2.24, 2.45) is 5.92 Å². The Balaban J connectivity index is 1.58. The number of ether oxygens (including phenoxy) is 2. The lowest BCUT2D eigenvalue weighted by Crippen LogP contribution is -2.32. The van der Waals surface area contributed by atoms with E-state index in [2.05, 4.69) is 27.5 Å². The number of methoxy groups -OCH3 is 1. The van der Waals surface area contributed by atoms with Crippen LogP contribution in [0.25, 0.3) is 5.82 Å². The lowest BCUT2D eigenvalue weighted by atomic mass is 9.88. The van der Waals surface area contributed by atoms with Gasteiger partial charge in [-0.25, -0.2) is 4.68 Å². The van der Waals surface area contributed by atoms with E-state index in [0.717, 1.165) is 12.1 Å². The summed E-state index contributed by atoms with van der Waals surface area (Å²) >= 11 is 0. The van der Waals surface area contributed by atoms with Gasteiger partial charge in [0.15, 0.2) is 5.82 Å². The number of carbonyl (C=O) groups excluding carboxylic acids is 1. The molecule has 0 spiro atoms. The van der Waals surface area contributed by atoms with Crippen molar-refractivity contribution in [2.75, 3.05) is 20.3 Å². The number of rotatable bonds is 8. The zero-order valence-corrected chi connectivity index (χ0v) is 16.9. The van der Waals surface area contributed by atoms with Gasteiger partial charge in [0.05, 0.1) is 37.3 Å². The average Bonchev–Trinajstić information content (AvgIpc) is 3.16. The Morgan fingerprint density at radius 3 is 2.79 bits per heavy atom. The summed E-state index contributed by atoms with van der Waals surface area (Å²) in [7, 11) is 1.54. The Morgan fingerprint density at radius 1 is 1.29 bits per heavy atom. The minimum absolute atomic E-state index is 0.148. The highest BCUT2D eigenvalue weighted by atomic mass is 16.5. The molecule has 0 radical (unpaired) electrons. The first-order chi connectivity index (χ1) is 13.6. The number of amides is 1. The predicted molar refractivity (Wildman–Crippen MR) is 105 cm³/mol. The molecule has 2 aromatic heterocycles. The minimum atomic E-state index is -0.148. The highest BCUT2D eigenvalue weighted by Crippen LogP contribution is 2.26. The van der Waals surface area contributed by atoms with Crippen LogP contribution in [0.2, 0.25) is 0 Å². The van der Waals surface area contributed by atoms with E-state index >= 15 is 0 Å². The van der Waals surface area contributed by atoms with Crippen molar-refractivity contribution in [3.63, 3.8) is 0 Å². The third kappa shape index (κ3) is 4.67. The van der Waals surface area contributed by atoms with Crippen molar-refractivity contribution in [3.05, 3.63) is 29.6 Å². The third-order valence-electron chi connectivity index (χ3n) is 5.25. The van der Waals surface area contributed by atoms with Gasteiger partial charge in [-0.1, -0.05) is 26.7 Å². The van der Waals surface area contributed by atoms with E-state index < -0.39 is 0 Å². The van der Waals surface area contributed by atoms with Gasteiger partial charge in [-0.3, -0.25) is 4.79 Å². The number of nitrogens with zero attached hydrogens (tertiary/aromatic N) is 4. The van der Waals surface area contributed by atoms with Crippen molar-refractivity contribution in [2.45, 2.75) is 52.1 Å². The molecule has 152 valence electrons. The predicted octanol–water partition coefficient (Wildman–Crippen LogP) is 2.56. The highest BCUT2D eigenvalue weighted by molar-refractivity contribution is 5.95. The molecule has 8 heteroatoms. The second kappa shape index (κ2) is 9.64. The molecule has 0 aliphatic heterocycles. The van der Waals surface area contributed by atoms with E-state index in [9.17, 15) is 4.79 Å². The second-order valence-corrected chi connectivity index (χ2v) is 7.13. The standard InChI is InChI=1S/C20H29N5O3/c1-4-16-15(13-22-25(16)18-9-10-19(27-3)24-23-18)20(26)21-11-12-28-17-8-6-5-7-14(17)2/h9-10,13-14,17H,4-8,11-12H2,1-3H3,(H,21,26)/t14-,17+/m1/s1. The minimum Gasteiger partial charge on any atom is -0.480 e. The molecule has 1 fully saturated rings. The number of carbonyl (C=O) groups is 1. The molecule has 1 N–H and O–H groups in total. The molecule has 1 amide bonds. The third-order valence-corrected chi connectivity index (χ3v) is 5.25. The van der Waals surface area contributed by atoms with Crippen molar-refractivity contribution in [1.82, 2.24) is 25.3 Å². The molecule has 2 aromatic rings. The van der Waals surface area contributed by atoms with Gasteiger partial charge in [0, 0.05) is 12.6 Å². The zero-order valence-electron chi connectivity index (χ0n) is 16.9. The molecule has 1 aliphatic rings. The lowest BCUT2D eigenvalue weighted by Gasteiger charge is -2.28. The van der Waals surface area contributed by atoms with Crippen LogP contribution in [0, 0.1) is 5.92 Å². The molecule has 0 bridgehead atoms. The molecule has 8 nitrogen and oxygen atoms in total. The summed E-state index contributed by atoms with van der Waals surface area (Å²) in [5.74, 6) is 1.43. The Hall–Kier alpha value is -2.48. The first kappa shape index (κ1) is 20.3. The van der Waals surface area contributed by atoms with E-state index in [1.807, 2.05) is 6.92 Å². The van der Waals surface area contributed by atoms with Gasteiger partial charge in [0.1, 0.15) is 0 Å². The second-order valence-electron chi connectivity index (χ2n) is 7.13. The van der Waals surface area contributed by atoms with E-state index in [1.54, 1.807) is 23.0 Å². The largest absolute Gasteiger partial charge is 0.480 e. The van der Waals surface area contributed by atoms with Crippen LogP contribution in [0.4, 0.5) is 0 Å². The molecule has 0 unspecified atom stereocenters. The fraction of sp³-hybridized carbons (Fsp3) is 0.600. The Kier molecular flexibility index (Phi) is 6.97. The van der Waals surface area contributed by atoms with E-state index in [-0.39, 0.29) is 5.91 Å². The summed E-state index contributed by atoms with van der Waals surface area (Å²) < 4.78 is 12.6. The first-order valence-corrected chi connectivity index (χ1v) is 9.98. The van der Waals surface area contributed by atoms with Gasteiger partial charge in [-0.05, 0) is 31.2 Å². The Morgan fingerprint density at radius 2 is 2.11 bits per heavy atom. The molecule has 3 rings (SSSR count). The van der Waals surface area contributed by atoms with Crippen molar-refractivity contribution in [3.8, 4) is 11.7 Å². The van der Waals surface area contributed by atoms with Crippen LogP contribution in [-0.4, -0.2) is 52.3 Å². The molecule has 2 heterocycles. The highest BCUT2D eigenvalue weighted by Gasteiger charge is 2.22. The fourth-order valence-electron chi connectivity index (χ4n) is 3.64. The molecular weight excluding hydrogens is 358 g/mol. The smallest absolute Gasteiger partial charge is 0.254 e. The van der Waals surface area contributed by atoms with Crippen LogP contribution < -0.4 is 10.1 Å². The van der Waals surface area contributed by atoms with Crippen LogP contribution in [-0.2, 0) is 11.2 Å². The molecule has 0 aromatic carbocycles. The number of hydrogen-bond donors (Lipinski definition) is 1. The fourth-order valence-corrected chi connectivity index (χ4v) is 3.64. The van der Waals surface area contributed by atoms with Gasteiger partial charge >= 0.3 is 0 Å². The molecule has 2 atom stereocenters. The zero-order chi connectivity index (χ0) is 19.9. The topological polar surface area (TPSA) is 91.2 Å². The SMILES string of the molecule is CCc1c(C(=O)NCCO[C@H]2CCCC[C@H]2C)cnn1-c1ccc(OC)nn1. The molecule has 1 aliphatic carbocycles. The van der Waals surface area contributed by atoms with Gasteiger partial charge in [0.25, 0.3) is 5.91 Å². The van der Waals surface area contributed by atoms with E-state index in [4.69, 9.17) is 9.47 Å². The quantitative estimate of drug-likeness (QED) is 0.700. The molecule has 28 heavy (non-hydrogen) atoms. The van der Waals surface area contributed by atoms with Crippen LogP contribution in [0.5, 0.6) is 5.88 Å². The normalized spacial score (nSPS) is 19.4. The van der Waals surface area contributed by atoms with Gasteiger partial charge in [-0.15, -0.1) is 10.2 Å². The average molecular weight is 387 g/mol. The summed E-state index contributed by atoms with van der Waals surface area (Å²) in [6, 6.07) is 3.48. The Labute approximate surface area is 165 Å². The molecular formula is C20H29N5O3. The molecule has 1 saturated carbocycles. The number of aromatic nitrogens is 4. The van der Waals surface area contributed by atoms with Gasteiger partial charge in [0.2, 0.25) is 5.88 Å². The van der Waals surface area contributed by atoms with E-state index in [1.165, 1.54) is 26.4 Å². The number of nitrogens with one attached hydrogen (secondary N) is 1. The van der Waals surface area contributed by atoms with Crippen LogP contribution >= 0.6 is 0 Å². The maximum Gasteiger partial charge on any atom is 0.254 e.